The molecule has 0 saturated carbocycles. The molecule has 0 spiro atoms. The first-order chi connectivity index (χ1) is 16.6. The average molecular weight is 462 g/mol. The summed E-state index contributed by atoms with van der Waals surface area (Å²) in [6, 6.07) is 26.5. The standard InChI is InChI=1S/C27H31N3O4/c31-23(21-33-24-11-13-26(14-12-24)34-25-9-5-2-6-10-25)19-29-15-17-30(18-16-29)20-27(32)28-22-7-3-1-4-8-22/h1-14,23,31H,15-21H2,(H,28,32). The molecule has 0 radical (unpaired) electrons. The minimum absolute atomic E-state index is 0.00623. The van der Waals surface area contributed by atoms with Gasteiger partial charge in [-0.2, -0.15) is 0 Å². The second-order valence-electron chi connectivity index (χ2n) is 8.34. The molecule has 1 aliphatic rings. The number of hydrogen-bond donors (Lipinski definition) is 2. The highest BCUT2D eigenvalue weighted by atomic mass is 16.5. The van der Waals surface area contributed by atoms with Crippen LogP contribution in [0.4, 0.5) is 5.69 Å². The third-order valence-electron chi connectivity index (χ3n) is 5.60. The summed E-state index contributed by atoms with van der Waals surface area (Å²) < 4.78 is 11.5. The normalized spacial score (nSPS) is 15.4. The van der Waals surface area contributed by atoms with Crippen LogP contribution in [0.5, 0.6) is 17.2 Å². The van der Waals surface area contributed by atoms with Gasteiger partial charge in [0, 0.05) is 38.4 Å². The van der Waals surface area contributed by atoms with Crippen LogP contribution < -0.4 is 14.8 Å². The number of nitrogens with one attached hydrogen (secondary N) is 1. The predicted octanol–water partition coefficient (Wildman–Crippen LogP) is 3.47. The SMILES string of the molecule is O=C(CN1CCN(CC(O)COc2ccc(Oc3ccccc3)cc2)CC1)Nc1ccccc1. The number of para-hydroxylation sites is 2. The highest BCUT2D eigenvalue weighted by molar-refractivity contribution is 5.92. The number of aliphatic hydroxyl groups is 1. The van der Waals surface area contributed by atoms with Crippen molar-refractivity contribution in [2.75, 3.05) is 51.2 Å². The fraction of sp³-hybridized carbons (Fsp3) is 0.296. The number of amides is 1. The van der Waals surface area contributed by atoms with E-state index in [1.807, 2.05) is 84.9 Å². The van der Waals surface area contributed by atoms with Gasteiger partial charge in [0.15, 0.2) is 0 Å². The predicted molar refractivity (Wildman–Crippen MR) is 132 cm³/mol. The molecule has 3 aromatic rings. The Morgan fingerprint density at radius 3 is 2.03 bits per heavy atom. The highest BCUT2D eigenvalue weighted by Crippen LogP contribution is 2.23. The van der Waals surface area contributed by atoms with Gasteiger partial charge in [0.25, 0.3) is 0 Å². The highest BCUT2D eigenvalue weighted by Gasteiger charge is 2.21. The monoisotopic (exact) mass is 461 g/mol. The van der Waals surface area contributed by atoms with E-state index in [4.69, 9.17) is 9.47 Å². The van der Waals surface area contributed by atoms with Crippen molar-refractivity contribution in [2.45, 2.75) is 6.10 Å². The zero-order chi connectivity index (χ0) is 23.6. The van der Waals surface area contributed by atoms with E-state index in [1.165, 1.54) is 0 Å². The lowest BCUT2D eigenvalue weighted by atomic mass is 10.2. The van der Waals surface area contributed by atoms with Crippen LogP contribution in [0.15, 0.2) is 84.9 Å². The molecule has 2 N–H and O–H groups in total. The van der Waals surface area contributed by atoms with Crippen molar-refractivity contribution in [1.82, 2.24) is 9.80 Å². The van der Waals surface area contributed by atoms with Crippen molar-refractivity contribution in [2.24, 2.45) is 0 Å². The van der Waals surface area contributed by atoms with Crippen LogP contribution in [-0.4, -0.2) is 72.8 Å². The van der Waals surface area contributed by atoms with Crippen molar-refractivity contribution < 1.29 is 19.4 Å². The van der Waals surface area contributed by atoms with Crippen LogP contribution in [0.2, 0.25) is 0 Å². The Hall–Kier alpha value is -3.39. The molecule has 7 nitrogen and oxygen atoms in total. The van der Waals surface area contributed by atoms with Gasteiger partial charge in [0.1, 0.15) is 30.0 Å². The van der Waals surface area contributed by atoms with Gasteiger partial charge in [-0.05, 0) is 48.5 Å². The van der Waals surface area contributed by atoms with Crippen molar-refractivity contribution in [3.63, 3.8) is 0 Å². The Morgan fingerprint density at radius 2 is 1.35 bits per heavy atom. The number of ether oxygens (including phenoxy) is 2. The maximum absolute atomic E-state index is 12.2. The largest absolute Gasteiger partial charge is 0.491 e. The average Bonchev–Trinajstić information content (AvgIpc) is 2.86. The fourth-order valence-electron chi connectivity index (χ4n) is 3.83. The minimum Gasteiger partial charge on any atom is -0.491 e. The fourth-order valence-corrected chi connectivity index (χ4v) is 3.83. The van der Waals surface area contributed by atoms with E-state index in [9.17, 15) is 9.90 Å². The summed E-state index contributed by atoms with van der Waals surface area (Å²) in [6.07, 6.45) is -0.590. The Labute approximate surface area is 200 Å². The summed E-state index contributed by atoms with van der Waals surface area (Å²) in [6.45, 7) is 4.33. The molecule has 0 bridgehead atoms. The molecule has 34 heavy (non-hydrogen) atoms. The molecule has 1 amide bonds. The van der Waals surface area contributed by atoms with Crippen LogP contribution in [0.1, 0.15) is 0 Å². The lowest BCUT2D eigenvalue weighted by molar-refractivity contribution is -0.117. The van der Waals surface area contributed by atoms with Crippen LogP contribution in [0.3, 0.4) is 0 Å². The molecule has 178 valence electrons. The maximum Gasteiger partial charge on any atom is 0.238 e. The molecular formula is C27H31N3O4. The molecule has 4 rings (SSSR count). The van der Waals surface area contributed by atoms with Gasteiger partial charge in [-0.25, -0.2) is 0 Å². The van der Waals surface area contributed by atoms with Crippen LogP contribution >= 0.6 is 0 Å². The molecule has 1 atom stereocenters. The van der Waals surface area contributed by atoms with Gasteiger partial charge in [0.05, 0.1) is 6.54 Å². The zero-order valence-electron chi connectivity index (χ0n) is 19.2. The molecule has 0 aromatic heterocycles. The molecule has 1 heterocycles. The van der Waals surface area contributed by atoms with E-state index in [0.717, 1.165) is 43.4 Å². The molecule has 1 aliphatic heterocycles. The van der Waals surface area contributed by atoms with E-state index < -0.39 is 6.10 Å². The number of carbonyl (C=O) groups is 1. The Balaban J connectivity index is 1.13. The second-order valence-corrected chi connectivity index (χ2v) is 8.34. The zero-order valence-corrected chi connectivity index (χ0v) is 19.2. The molecule has 0 aliphatic carbocycles. The van der Waals surface area contributed by atoms with Crippen molar-refractivity contribution in [1.29, 1.82) is 0 Å². The van der Waals surface area contributed by atoms with E-state index in [1.54, 1.807) is 0 Å². The first-order valence-corrected chi connectivity index (χ1v) is 11.6. The third-order valence-corrected chi connectivity index (χ3v) is 5.60. The Bertz CT molecular complexity index is 1010. The molecule has 1 fully saturated rings. The number of piperazine rings is 1. The van der Waals surface area contributed by atoms with E-state index in [2.05, 4.69) is 15.1 Å². The first-order valence-electron chi connectivity index (χ1n) is 11.6. The summed E-state index contributed by atoms with van der Waals surface area (Å²) in [5.41, 5.74) is 0.813. The number of aliphatic hydroxyl groups excluding tert-OH is 1. The van der Waals surface area contributed by atoms with Gasteiger partial charge in [0.2, 0.25) is 5.91 Å². The van der Waals surface area contributed by atoms with Gasteiger partial charge in [-0.15, -0.1) is 0 Å². The summed E-state index contributed by atoms with van der Waals surface area (Å²) in [4.78, 5) is 16.6. The lowest BCUT2D eigenvalue weighted by Crippen LogP contribution is -2.50. The summed E-state index contributed by atoms with van der Waals surface area (Å²) in [5.74, 6) is 2.19. The second kappa shape index (κ2) is 12.2. The molecular weight excluding hydrogens is 430 g/mol. The van der Waals surface area contributed by atoms with Crippen molar-refractivity contribution in [3.8, 4) is 17.2 Å². The molecule has 1 unspecified atom stereocenters. The lowest BCUT2D eigenvalue weighted by Gasteiger charge is -2.35. The van der Waals surface area contributed by atoms with E-state index in [-0.39, 0.29) is 12.5 Å². The van der Waals surface area contributed by atoms with Crippen LogP contribution in [0, 0.1) is 0 Å². The van der Waals surface area contributed by atoms with Gasteiger partial charge >= 0.3 is 0 Å². The van der Waals surface area contributed by atoms with Crippen LogP contribution in [0.25, 0.3) is 0 Å². The smallest absolute Gasteiger partial charge is 0.238 e. The Morgan fingerprint density at radius 1 is 0.794 bits per heavy atom. The van der Waals surface area contributed by atoms with Gasteiger partial charge in [-0.3, -0.25) is 14.6 Å². The molecule has 7 heteroatoms. The number of carbonyl (C=O) groups excluding carboxylic acids is 1. The molecule has 1 saturated heterocycles. The van der Waals surface area contributed by atoms with Gasteiger partial charge in [-0.1, -0.05) is 36.4 Å². The first kappa shape index (κ1) is 23.8. The number of benzene rings is 3. The number of hydrogen-bond acceptors (Lipinski definition) is 6. The van der Waals surface area contributed by atoms with Crippen LogP contribution in [-0.2, 0) is 4.79 Å². The number of nitrogens with zero attached hydrogens (tertiary/aromatic N) is 2. The number of β-amino-alcohol motifs (C(OH)–C–C–N with tert-alkyl or cyclic N) is 1. The van der Waals surface area contributed by atoms with Crippen molar-refractivity contribution >= 4 is 11.6 Å². The van der Waals surface area contributed by atoms with E-state index >= 15 is 0 Å². The molecule has 3 aromatic carbocycles. The summed E-state index contributed by atoms with van der Waals surface area (Å²) in [5, 5.41) is 13.3. The topological polar surface area (TPSA) is 74.3 Å². The number of anilines is 1. The number of rotatable bonds is 10. The summed E-state index contributed by atoms with van der Waals surface area (Å²) >= 11 is 0. The Kier molecular flexibility index (Phi) is 8.51. The maximum atomic E-state index is 12.2. The quantitative estimate of drug-likeness (QED) is 0.482. The minimum atomic E-state index is -0.590. The van der Waals surface area contributed by atoms with Crippen molar-refractivity contribution in [3.05, 3.63) is 84.9 Å². The third kappa shape index (κ3) is 7.59. The van der Waals surface area contributed by atoms with Gasteiger partial charge < -0.3 is 19.9 Å². The van der Waals surface area contributed by atoms with E-state index in [0.29, 0.717) is 18.8 Å². The summed E-state index contributed by atoms with van der Waals surface area (Å²) in [7, 11) is 0.